The zero-order valence-corrected chi connectivity index (χ0v) is 17.0. The molecule has 2 rings (SSSR count). The third kappa shape index (κ3) is 6.56. The average Bonchev–Trinajstić information content (AvgIpc) is 2.71. The number of hydrogen-bond donors (Lipinski definition) is 2. The molecule has 0 aliphatic rings. The molecule has 1 amide bonds. The Balaban J connectivity index is 2.05. The van der Waals surface area contributed by atoms with E-state index in [2.05, 4.69) is 10.0 Å². The molecule has 0 radical (unpaired) electrons. The Hall–Kier alpha value is -2.94. The molecule has 9 heteroatoms. The Labute approximate surface area is 169 Å². The summed E-state index contributed by atoms with van der Waals surface area (Å²) in [6.45, 7) is 3.42. The van der Waals surface area contributed by atoms with E-state index >= 15 is 0 Å². The van der Waals surface area contributed by atoms with Gasteiger partial charge in [-0.25, -0.2) is 17.6 Å². The molecule has 2 N–H and O–H groups in total. The van der Waals surface area contributed by atoms with E-state index in [4.69, 9.17) is 4.74 Å². The van der Waals surface area contributed by atoms with Crippen molar-refractivity contribution in [3.8, 4) is 0 Å². The number of amides is 1. The summed E-state index contributed by atoms with van der Waals surface area (Å²) in [5.41, 5.74) is 0.166. The predicted molar refractivity (Wildman–Crippen MR) is 106 cm³/mol. The number of carbonyl (C=O) groups is 2. The predicted octanol–water partition coefficient (Wildman–Crippen LogP) is 3.09. The zero-order valence-electron chi connectivity index (χ0n) is 16.1. The second kappa shape index (κ2) is 10.0. The van der Waals surface area contributed by atoms with E-state index in [1.165, 1.54) is 30.3 Å². The van der Waals surface area contributed by atoms with Crippen LogP contribution in [0.4, 0.5) is 10.1 Å². The lowest BCUT2D eigenvalue weighted by Gasteiger charge is -2.14. The third-order valence-electron chi connectivity index (χ3n) is 4.16. The standard InChI is InChI=1S/C20H23FN2O5S/c1-3-16(4-2)22-19(24)13-28-20(25)14-6-5-7-18(12-14)29(26,27)23-17-10-8-15(21)9-11-17/h5-12,16,23H,3-4,13H2,1-2H3,(H,22,24). The first-order chi connectivity index (χ1) is 13.7. The molecule has 0 atom stereocenters. The highest BCUT2D eigenvalue weighted by atomic mass is 32.2. The van der Waals surface area contributed by atoms with Gasteiger partial charge in [-0.3, -0.25) is 9.52 Å². The van der Waals surface area contributed by atoms with E-state index in [1.54, 1.807) is 0 Å². The van der Waals surface area contributed by atoms with Gasteiger partial charge >= 0.3 is 5.97 Å². The molecule has 2 aromatic carbocycles. The molecule has 0 aromatic heterocycles. The largest absolute Gasteiger partial charge is 0.452 e. The fourth-order valence-corrected chi connectivity index (χ4v) is 3.60. The molecule has 29 heavy (non-hydrogen) atoms. The topological polar surface area (TPSA) is 102 Å². The van der Waals surface area contributed by atoms with Crippen molar-refractivity contribution in [2.75, 3.05) is 11.3 Å². The van der Waals surface area contributed by atoms with Crippen LogP contribution in [0, 0.1) is 5.82 Å². The number of hydrogen-bond acceptors (Lipinski definition) is 5. The Kier molecular flexibility index (Phi) is 7.72. The first kappa shape index (κ1) is 22.4. The van der Waals surface area contributed by atoms with Gasteiger partial charge in [0.05, 0.1) is 10.5 Å². The van der Waals surface area contributed by atoms with Crippen LogP contribution >= 0.6 is 0 Å². The zero-order chi connectivity index (χ0) is 21.4. The fourth-order valence-electron chi connectivity index (χ4n) is 2.50. The van der Waals surface area contributed by atoms with Crippen LogP contribution in [0.15, 0.2) is 53.4 Å². The monoisotopic (exact) mass is 422 g/mol. The summed E-state index contributed by atoms with van der Waals surface area (Å²) < 4.78 is 45.2. The maximum absolute atomic E-state index is 13.0. The fraction of sp³-hybridized carbons (Fsp3) is 0.300. The first-order valence-electron chi connectivity index (χ1n) is 9.10. The minimum absolute atomic E-state index is 0.00667. The highest BCUT2D eigenvalue weighted by Crippen LogP contribution is 2.18. The summed E-state index contributed by atoms with van der Waals surface area (Å²) in [4.78, 5) is 23.9. The summed E-state index contributed by atoms with van der Waals surface area (Å²) in [6, 6.07) is 10.0. The van der Waals surface area contributed by atoms with Crippen molar-refractivity contribution in [2.45, 2.75) is 37.6 Å². The number of anilines is 1. The summed E-state index contributed by atoms with van der Waals surface area (Å²) >= 11 is 0. The van der Waals surface area contributed by atoms with E-state index in [0.29, 0.717) is 0 Å². The van der Waals surface area contributed by atoms with Gasteiger partial charge in [0.15, 0.2) is 6.61 Å². The molecule has 7 nitrogen and oxygen atoms in total. The lowest BCUT2D eigenvalue weighted by atomic mass is 10.2. The first-order valence-corrected chi connectivity index (χ1v) is 10.6. The van der Waals surface area contributed by atoms with Crippen LogP contribution in [-0.4, -0.2) is 32.9 Å². The lowest BCUT2D eigenvalue weighted by molar-refractivity contribution is -0.125. The molecule has 0 saturated carbocycles. The molecular formula is C20H23FN2O5S. The van der Waals surface area contributed by atoms with Gasteiger partial charge in [-0.05, 0) is 55.3 Å². The SMILES string of the molecule is CCC(CC)NC(=O)COC(=O)c1cccc(S(=O)(=O)Nc2ccc(F)cc2)c1. The van der Waals surface area contributed by atoms with Crippen molar-refractivity contribution < 1.29 is 27.1 Å². The minimum Gasteiger partial charge on any atom is -0.452 e. The summed E-state index contributed by atoms with van der Waals surface area (Å²) in [6.07, 6.45) is 1.52. The highest BCUT2D eigenvalue weighted by molar-refractivity contribution is 7.92. The smallest absolute Gasteiger partial charge is 0.338 e. The number of esters is 1. The van der Waals surface area contributed by atoms with Crippen molar-refractivity contribution in [3.05, 3.63) is 59.9 Å². The molecule has 0 heterocycles. The van der Waals surface area contributed by atoms with Crippen molar-refractivity contribution in [3.63, 3.8) is 0 Å². The Morgan fingerprint density at radius 1 is 1.07 bits per heavy atom. The second-order valence-electron chi connectivity index (χ2n) is 6.30. The van der Waals surface area contributed by atoms with Gasteiger partial charge in [0, 0.05) is 11.7 Å². The van der Waals surface area contributed by atoms with Crippen molar-refractivity contribution in [1.82, 2.24) is 5.32 Å². The number of rotatable bonds is 9. The van der Waals surface area contributed by atoms with E-state index in [9.17, 15) is 22.4 Å². The third-order valence-corrected chi connectivity index (χ3v) is 5.54. The number of benzene rings is 2. The number of ether oxygens (including phenoxy) is 1. The van der Waals surface area contributed by atoms with Gasteiger partial charge in [0.2, 0.25) is 0 Å². The van der Waals surface area contributed by atoms with Crippen molar-refractivity contribution in [2.24, 2.45) is 0 Å². The Bertz CT molecular complexity index is 957. The Morgan fingerprint density at radius 2 is 1.72 bits per heavy atom. The molecular weight excluding hydrogens is 399 g/mol. The number of nitrogens with one attached hydrogen (secondary N) is 2. The van der Waals surface area contributed by atoms with Crippen LogP contribution in [-0.2, 0) is 19.6 Å². The number of halogens is 1. The number of carbonyl (C=O) groups excluding carboxylic acids is 2. The molecule has 156 valence electrons. The highest BCUT2D eigenvalue weighted by Gasteiger charge is 2.18. The van der Waals surface area contributed by atoms with Crippen LogP contribution in [0.2, 0.25) is 0 Å². The van der Waals surface area contributed by atoms with E-state index in [1.807, 2.05) is 13.8 Å². The molecule has 0 saturated heterocycles. The van der Waals surface area contributed by atoms with E-state index < -0.39 is 34.3 Å². The van der Waals surface area contributed by atoms with E-state index in [0.717, 1.165) is 31.0 Å². The van der Waals surface area contributed by atoms with Gasteiger partial charge < -0.3 is 10.1 Å². The normalized spacial score (nSPS) is 11.2. The van der Waals surface area contributed by atoms with Crippen LogP contribution in [0.1, 0.15) is 37.0 Å². The minimum atomic E-state index is -4.00. The summed E-state index contributed by atoms with van der Waals surface area (Å²) in [5, 5.41) is 2.74. The van der Waals surface area contributed by atoms with E-state index in [-0.39, 0.29) is 22.2 Å². The maximum atomic E-state index is 13.0. The molecule has 0 fully saturated rings. The van der Waals surface area contributed by atoms with Gasteiger partial charge in [0.25, 0.3) is 15.9 Å². The van der Waals surface area contributed by atoms with Gasteiger partial charge in [-0.15, -0.1) is 0 Å². The lowest BCUT2D eigenvalue weighted by Crippen LogP contribution is -2.36. The molecule has 0 bridgehead atoms. The Morgan fingerprint density at radius 3 is 2.34 bits per heavy atom. The quantitative estimate of drug-likeness (QED) is 0.605. The van der Waals surface area contributed by atoms with Gasteiger partial charge in [-0.2, -0.15) is 0 Å². The maximum Gasteiger partial charge on any atom is 0.338 e. The molecule has 0 aliphatic carbocycles. The van der Waals surface area contributed by atoms with Crippen LogP contribution < -0.4 is 10.0 Å². The second-order valence-corrected chi connectivity index (χ2v) is 7.98. The summed E-state index contributed by atoms with van der Waals surface area (Å²) in [7, 11) is -4.00. The van der Waals surface area contributed by atoms with Crippen LogP contribution in [0.5, 0.6) is 0 Å². The summed E-state index contributed by atoms with van der Waals surface area (Å²) in [5.74, 6) is -1.73. The van der Waals surface area contributed by atoms with Crippen LogP contribution in [0.25, 0.3) is 0 Å². The molecule has 0 aliphatic heterocycles. The van der Waals surface area contributed by atoms with Gasteiger partial charge in [0.1, 0.15) is 5.82 Å². The average molecular weight is 422 g/mol. The van der Waals surface area contributed by atoms with Crippen LogP contribution in [0.3, 0.4) is 0 Å². The van der Waals surface area contributed by atoms with Crippen molar-refractivity contribution >= 4 is 27.6 Å². The molecule has 2 aromatic rings. The molecule has 0 spiro atoms. The van der Waals surface area contributed by atoms with Crippen molar-refractivity contribution in [1.29, 1.82) is 0 Å². The molecule has 0 unspecified atom stereocenters. The number of sulfonamides is 1. The van der Waals surface area contributed by atoms with Gasteiger partial charge in [-0.1, -0.05) is 19.9 Å².